The monoisotopic (exact) mass is 409 g/mol. The molecule has 0 aromatic heterocycles. The van der Waals surface area contributed by atoms with Gasteiger partial charge in [0.15, 0.2) is 5.54 Å². The molecule has 1 aromatic carbocycles. The van der Waals surface area contributed by atoms with Crippen molar-refractivity contribution < 1.29 is 19.7 Å². The minimum Gasteiger partial charge on any atom is -0.715 e. The van der Waals surface area contributed by atoms with Gasteiger partial charge in [0.25, 0.3) is 11.6 Å². The SMILES string of the molecule is CC1(C)N([O])C(C2CCCN2C(=O)c2ccc(Cl)c([N+](=O)[O-])c2)=[N+]([O-])C1(C)C. The second kappa shape index (κ2) is 6.59. The van der Waals surface area contributed by atoms with Crippen molar-refractivity contribution >= 4 is 29.0 Å². The third-order valence-corrected chi connectivity index (χ3v) is 6.45. The first-order chi connectivity index (χ1) is 12.9. The normalized spacial score (nSPS) is 23.4. The van der Waals surface area contributed by atoms with Crippen LogP contribution in [0.15, 0.2) is 18.2 Å². The average molecular weight is 410 g/mol. The van der Waals surface area contributed by atoms with Gasteiger partial charge in [0.05, 0.1) is 4.92 Å². The summed E-state index contributed by atoms with van der Waals surface area (Å²) in [6.07, 6.45) is 1.10. The second-order valence-corrected chi connectivity index (χ2v) is 8.55. The molecule has 1 amide bonds. The molecular formula is C18H22ClN4O5. The fraction of sp³-hybridized carbons (Fsp3) is 0.556. The van der Waals surface area contributed by atoms with Gasteiger partial charge in [-0.25, -0.2) is 0 Å². The van der Waals surface area contributed by atoms with Gasteiger partial charge in [-0.15, -0.1) is 0 Å². The number of carbonyl (C=O) groups excluding carboxylic acids is 1. The van der Waals surface area contributed by atoms with E-state index in [1.54, 1.807) is 27.7 Å². The third-order valence-electron chi connectivity index (χ3n) is 6.13. The van der Waals surface area contributed by atoms with Gasteiger partial charge in [-0.05, 0) is 52.7 Å². The molecule has 0 saturated carbocycles. The molecule has 1 aromatic rings. The van der Waals surface area contributed by atoms with Crippen LogP contribution in [-0.4, -0.2) is 55.0 Å². The van der Waals surface area contributed by atoms with E-state index in [1.807, 2.05) is 0 Å². The summed E-state index contributed by atoms with van der Waals surface area (Å²) in [7, 11) is 0. The third kappa shape index (κ3) is 2.80. The summed E-state index contributed by atoms with van der Waals surface area (Å²) in [5.74, 6) is -0.469. The molecule has 0 N–H and O–H groups in total. The van der Waals surface area contributed by atoms with Crippen LogP contribution in [-0.2, 0) is 5.21 Å². The predicted molar refractivity (Wildman–Crippen MR) is 101 cm³/mol. The van der Waals surface area contributed by atoms with E-state index in [-0.39, 0.29) is 22.1 Å². The maximum atomic E-state index is 13.0. The van der Waals surface area contributed by atoms with Crippen molar-refractivity contribution in [3.63, 3.8) is 0 Å². The van der Waals surface area contributed by atoms with E-state index >= 15 is 0 Å². The molecule has 1 atom stereocenters. The minimum absolute atomic E-state index is 0.00399. The zero-order valence-electron chi connectivity index (χ0n) is 16.1. The van der Waals surface area contributed by atoms with Crippen LogP contribution in [0.4, 0.5) is 5.69 Å². The molecule has 1 saturated heterocycles. The van der Waals surface area contributed by atoms with Gasteiger partial charge in [-0.1, -0.05) is 16.7 Å². The van der Waals surface area contributed by atoms with Gasteiger partial charge < -0.3 is 10.1 Å². The smallest absolute Gasteiger partial charge is 0.307 e. The fourth-order valence-electron chi connectivity index (χ4n) is 3.65. The van der Waals surface area contributed by atoms with Crippen molar-refractivity contribution in [3.05, 3.63) is 44.1 Å². The highest BCUT2D eigenvalue weighted by atomic mass is 35.5. The van der Waals surface area contributed by atoms with Crippen molar-refractivity contribution in [2.24, 2.45) is 0 Å². The fourth-order valence-corrected chi connectivity index (χ4v) is 3.84. The quantitative estimate of drug-likeness (QED) is 0.329. The van der Waals surface area contributed by atoms with Crippen LogP contribution in [0.3, 0.4) is 0 Å². The zero-order chi connectivity index (χ0) is 21.0. The highest BCUT2D eigenvalue weighted by Gasteiger charge is 2.62. The molecule has 2 heterocycles. The molecule has 0 bridgehead atoms. The maximum Gasteiger partial charge on any atom is 0.307 e. The van der Waals surface area contributed by atoms with Crippen molar-refractivity contribution in [2.45, 2.75) is 57.7 Å². The van der Waals surface area contributed by atoms with E-state index in [9.17, 15) is 25.3 Å². The number of amides is 1. The standard InChI is InChI=1S/C18H22ClN4O5/c1-17(2)18(3,4)22(26)15(21(17)25)13-6-5-9-20(13)16(24)11-7-8-12(19)14(10-11)23(27)28/h7-8,10,13H,5-6,9H2,1-4H3. The first-order valence-corrected chi connectivity index (χ1v) is 9.35. The number of hydrogen-bond donors (Lipinski definition) is 0. The van der Waals surface area contributed by atoms with Crippen molar-refractivity contribution in [2.75, 3.05) is 6.54 Å². The number of halogens is 1. The van der Waals surface area contributed by atoms with E-state index in [0.717, 1.165) is 6.07 Å². The minimum atomic E-state index is -0.972. The number of likely N-dealkylation sites (tertiary alicyclic amines) is 1. The van der Waals surface area contributed by atoms with Crippen LogP contribution in [0, 0.1) is 15.3 Å². The molecule has 2 aliphatic heterocycles. The van der Waals surface area contributed by atoms with Gasteiger partial charge in [-0.3, -0.25) is 19.6 Å². The highest BCUT2D eigenvalue weighted by molar-refractivity contribution is 6.32. The summed E-state index contributed by atoms with van der Waals surface area (Å²) < 4.78 is 0.709. The summed E-state index contributed by atoms with van der Waals surface area (Å²) >= 11 is 5.82. The zero-order valence-corrected chi connectivity index (χ0v) is 16.9. The molecule has 1 fully saturated rings. The van der Waals surface area contributed by atoms with E-state index in [0.29, 0.717) is 29.2 Å². The summed E-state index contributed by atoms with van der Waals surface area (Å²) in [5, 5.41) is 37.6. The topological polar surface area (TPSA) is 113 Å². The van der Waals surface area contributed by atoms with E-state index in [1.165, 1.54) is 17.0 Å². The Labute approximate surface area is 167 Å². The summed E-state index contributed by atoms with van der Waals surface area (Å²) in [6, 6.07) is 3.15. The predicted octanol–water partition coefficient (Wildman–Crippen LogP) is 2.98. The lowest BCUT2D eigenvalue weighted by Gasteiger charge is -2.32. The lowest BCUT2D eigenvalue weighted by molar-refractivity contribution is -0.541. The number of nitro groups is 1. The highest BCUT2D eigenvalue weighted by Crippen LogP contribution is 2.39. The van der Waals surface area contributed by atoms with Crippen LogP contribution in [0.25, 0.3) is 0 Å². The Bertz CT molecular complexity index is 883. The van der Waals surface area contributed by atoms with Gasteiger partial charge in [0.2, 0.25) is 0 Å². The molecule has 1 unspecified atom stereocenters. The van der Waals surface area contributed by atoms with Crippen molar-refractivity contribution in [3.8, 4) is 0 Å². The van der Waals surface area contributed by atoms with Crippen LogP contribution < -0.4 is 0 Å². The van der Waals surface area contributed by atoms with Crippen LogP contribution in [0.5, 0.6) is 0 Å². The second-order valence-electron chi connectivity index (χ2n) is 8.14. The van der Waals surface area contributed by atoms with Crippen molar-refractivity contribution in [1.82, 2.24) is 9.96 Å². The van der Waals surface area contributed by atoms with Crippen LogP contribution >= 0.6 is 11.6 Å². The molecule has 151 valence electrons. The van der Waals surface area contributed by atoms with Crippen molar-refractivity contribution in [1.29, 1.82) is 0 Å². The Morgan fingerprint density at radius 1 is 1.32 bits per heavy atom. The molecule has 10 heteroatoms. The molecule has 1 radical (unpaired) electrons. The van der Waals surface area contributed by atoms with E-state index in [4.69, 9.17) is 11.6 Å². The van der Waals surface area contributed by atoms with Gasteiger partial charge in [0.1, 0.15) is 16.6 Å². The number of benzene rings is 1. The Morgan fingerprint density at radius 2 is 1.96 bits per heavy atom. The summed E-state index contributed by atoms with van der Waals surface area (Å²) in [5.41, 5.74) is -2.22. The van der Waals surface area contributed by atoms with E-state index < -0.39 is 28.0 Å². The first kappa shape index (κ1) is 20.3. The number of amidine groups is 1. The molecule has 0 aliphatic carbocycles. The average Bonchev–Trinajstić information content (AvgIpc) is 3.13. The number of hydrogen-bond acceptors (Lipinski definition) is 5. The molecule has 0 spiro atoms. The summed E-state index contributed by atoms with van der Waals surface area (Å²) in [6.45, 7) is 7.14. The Hall–Kier alpha value is -2.39. The van der Waals surface area contributed by atoms with Gasteiger partial charge in [-0.2, -0.15) is 0 Å². The van der Waals surface area contributed by atoms with Crippen LogP contribution in [0.2, 0.25) is 5.02 Å². The van der Waals surface area contributed by atoms with Crippen LogP contribution in [0.1, 0.15) is 50.9 Å². The summed E-state index contributed by atoms with van der Waals surface area (Å²) in [4.78, 5) is 24.9. The lowest BCUT2D eigenvalue weighted by atomic mass is 9.84. The molecule has 2 aliphatic rings. The Kier molecular flexibility index (Phi) is 4.79. The first-order valence-electron chi connectivity index (χ1n) is 8.97. The number of nitro benzene ring substituents is 1. The lowest BCUT2D eigenvalue weighted by Crippen LogP contribution is -2.54. The maximum absolute atomic E-state index is 13.0. The van der Waals surface area contributed by atoms with E-state index in [2.05, 4.69) is 0 Å². The number of hydroxylamine groups is 3. The number of rotatable bonds is 3. The molecular weight excluding hydrogens is 388 g/mol. The largest absolute Gasteiger partial charge is 0.715 e. The number of nitrogens with zero attached hydrogens (tertiary/aromatic N) is 4. The molecule has 3 rings (SSSR count). The molecule has 28 heavy (non-hydrogen) atoms. The van der Waals surface area contributed by atoms with Gasteiger partial charge >= 0.3 is 5.84 Å². The Balaban J connectivity index is 1.98. The number of carbonyl (C=O) groups is 1. The van der Waals surface area contributed by atoms with Gasteiger partial charge in [0, 0.05) is 23.4 Å². The molecule has 9 nitrogen and oxygen atoms in total. The Morgan fingerprint density at radius 3 is 2.50 bits per heavy atom.